The van der Waals surface area contributed by atoms with E-state index >= 15 is 0 Å². The van der Waals surface area contributed by atoms with E-state index in [1.165, 1.54) is 0 Å². The molecule has 2 aromatic rings. The number of aromatic nitrogens is 2. The second-order valence-corrected chi connectivity index (χ2v) is 4.30. The van der Waals surface area contributed by atoms with Crippen molar-refractivity contribution in [3.05, 3.63) is 54.0 Å². The number of rotatable bonds is 6. The zero-order valence-corrected chi connectivity index (χ0v) is 11.3. The van der Waals surface area contributed by atoms with Crippen LogP contribution in [-0.2, 0) is 6.54 Å². The minimum Gasteiger partial charge on any atom is -0.469 e. The van der Waals surface area contributed by atoms with Gasteiger partial charge in [0.1, 0.15) is 6.10 Å². The van der Waals surface area contributed by atoms with Crippen molar-refractivity contribution in [3.63, 3.8) is 0 Å². The molecule has 0 radical (unpaired) electrons. The lowest BCUT2D eigenvalue weighted by Crippen LogP contribution is -2.14. The monoisotopic (exact) mass is 257 g/mol. The Morgan fingerprint density at radius 3 is 2.74 bits per heavy atom. The molecule has 1 heterocycles. The van der Waals surface area contributed by atoms with E-state index in [2.05, 4.69) is 22.2 Å². The molecule has 0 amide bonds. The van der Waals surface area contributed by atoms with Gasteiger partial charge in [-0.2, -0.15) is 0 Å². The number of hydrogen-bond acceptors (Lipinski definition) is 4. The summed E-state index contributed by atoms with van der Waals surface area (Å²) in [6, 6.07) is 10.1. The Morgan fingerprint density at radius 2 is 2.00 bits per heavy atom. The SMILES string of the molecule is CCNCc1cncc(OC(C)c2ccccc2)n1. The van der Waals surface area contributed by atoms with Crippen LogP contribution in [0.5, 0.6) is 5.88 Å². The van der Waals surface area contributed by atoms with Crippen molar-refractivity contribution < 1.29 is 4.74 Å². The van der Waals surface area contributed by atoms with E-state index < -0.39 is 0 Å². The Kier molecular flexibility index (Phi) is 4.86. The van der Waals surface area contributed by atoms with Gasteiger partial charge in [-0.1, -0.05) is 37.3 Å². The van der Waals surface area contributed by atoms with Gasteiger partial charge < -0.3 is 10.1 Å². The maximum Gasteiger partial charge on any atom is 0.233 e. The molecule has 1 aromatic heterocycles. The number of ether oxygens (including phenoxy) is 1. The molecule has 2 rings (SSSR count). The van der Waals surface area contributed by atoms with Crippen molar-refractivity contribution in [2.24, 2.45) is 0 Å². The van der Waals surface area contributed by atoms with E-state index in [4.69, 9.17) is 4.74 Å². The molecular weight excluding hydrogens is 238 g/mol. The van der Waals surface area contributed by atoms with E-state index in [1.807, 2.05) is 37.3 Å². The highest BCUT2D eigenvalue weighted by Crippen LogP contribution is 2.19. The molecule has 100 valence electrons. The molecular formula is C15H19N3O. The van der Waals surface area contributed by atoms with Gasteiger partial charge in [-0.25, -0.2) is 4.98 Å². The van der Waals surface area contributed by atoms with E-state index in [1.54, 1.807) is 12.4 Å². The maximum absolute atomic E-state index is 5.82. The molecule has 0 bridgehead atoms. The zero-order chi connectivity index (χ0) is 13.5. The van der Waals surface area contributed by atoms with Crippen LogP contribution in [0.1, 0.15) is 31.2 Å². The average molecular weight is 257 g/mol. The Morgan fingerprint density at radius 1 is 1.21 bits per heavy atom. The number of hydrogen-bond donors (Lipinski definition) is 1. The minimum absolute atomic E-state index is 0.0371. The predicted molar refractivity (Wildman–Crippen MR) is 74.9 cm³/mol. The van der Waals surface area contributed by atoms with Crippen molar-refractivity contribution in [2.75, 3.05) is 6.54 Å². The van der Waals surface area contributed by atoms with Crippen LogP contribution in [0.4, 0.5) is 0 Å². The van der Waals surface area contributed by atoms with Gasteiger partial charge in [-0.05, 0) is 19.0 Å². The van der Waals surface area contributed by atoms with Crippen LogP contribution >= 0.6 is 0 Å². The standard InChI is InChI=1S/C15H19N3O/c1-3-16-9-14-10-17-11-15(18-14)19-12(2)13-7-5-4-6-8-13/h4-8,10-12,16H,3,9H2,1-2H3. The lowest BCUT2D eigenvalue weighted by Gasteiger charge is -2.14. The Labute approximate surface area is 113 Å². The van der Waals surface area contributed by atoms with Gasteiger partial charge in [0.15, 0.2) is 0 Å². The summed E-state index contributed by atoms with van der Waals surface area (Å²) in [7, 11) is 0. The predicted octanol–water partition coefficient (Wildman–Crippen LogP) is 2.73. The first kappa shape index (κ1) is 13.5. The molecule has 1 N–H and O–H groups in total. The van der Waals surface area contributed by atoms with Crippen molar-refractivity contribution in [2.45, 2.75) is 26.5 Å². The molecule has 0 saturated carbocycles. The molecule has 1 unspecified atom stereocenters. The largest absolute Gasteiger partial charge is 0.469 e. The van der Waals surface area contributed by atoms with Gasteiger partial charge in [0.2, 0.25) is 5.88 Å². The first-order chi connectivity index (χ1) is 9.29. The first-order valence-corrected chi connectivity index (χ1v) is 6.53. The van der Waals surface area contributed by atoms with Gasteiger partial charge in [0, 0.05) is 12.7 Å². The summed E-state index contributed by atoms with van der Waals surface area (Å²) in [5, 5.41) is 3.22. The summed E-state index contributed by atoms with van der Waals surface area (Å²) in [5.41, 5.74) is 2.01. The van der Waals surface area contributed by atoms with Crippen LogP contribution in [-0.4, -0.2) is 16.5 Å². The van der Waals surface area contributed by atoms with Crippen molar-refractivity contribution in [3.8, 4) is 5.88 Å². The minimum atomic E-state index is -0.0371. The number of nitrogens with zero attached hydrogens (tertiary/aromatic N) is 2. The molecule has 19 heavy (non-hydrogen) atoms. The van der Waals surface area contributed by atoms with E-state index in [0.29, 0.717) is 12.4 Å². The molecule has 4 nitrogen and oxygen atoms in total. The van der Waals surface area contributed by atoms with Crippen molar-refractivity contribution in [1.29, 1.82) is 0 Å². The molecule has 0 aliphatic carbocycles. The third-order valence-electron chi connectivity index (χ3n) is 2.78. The summed E-state index contributed by atoms with van der Waals surface area (Å²) in [6.45, 7) is 5.69. The van der Waals surface area contributed by atoms with Gasteiger partial charge in [-0.15, -0.1) is 0 Å². The molecule has 0 fully saturated rings. The van der Waals surface area contributed by atoms with E-state index in [9.17, 15) is 0 Å². The fourth-order valence-electron chi connectivity index (χ4n) is 1.75. The van der Waals surface area contributed by atoms with Crippen LogP contribution in [0, 0.1) is 0 Å². The van der Waals surface area contributed by atoms with Crippen molar-refractivity contribution in [1.82, 2.24) is 15.3 Å². The molecule has 0 aliphatic rings. The second-order valence-electron chi connectivity index (χ2n) is 4.30. The van der Waals surface area contributed by atoms with Gasteiger partial charge in [0.25, 0.3) is 0 Å². The number of benzene rings is 1. The molecule has 4 heteroatoms. The smallest absolute Gasteiger partial charge is 0.233 e. The van der Waals surface area contributed by atoms with Gasteiger partial charge in [-0.3, -0.25) is 4.98 Å². The molecule has 0 saturated heterocycles. The third kappa shape index (κ3) is 4.03. The molecule has 0 spiro atoms. The lowest BCUT2D eigenvalue weighted by molar-refractivity contribution is 0.215. The topological polar surface area (TPSA) is 47.0 Å². The third-order valence-corrected chi connectivity index (χ3v) is 2.78. The molecule has 1 aromatic carbocycles. The van der Waals surface area contributed by atoms with E-state index in [-0.39, 0.29) is 6.10 Å². The van der Waals surface area contributed by atoms with Crippen LogP contribution < -0.4 is 10.1 Å². The van der Waals surface area contributed by atoms with Crippen LogP contribution in [0.3, 0.4) is 0 Å². The maximum atomic E-state index is 5.82. The zero-order valence-electron chi connectivity index (χ0n) is 11.3. The summed E-state index contributed by atoms with van der Waals surface area (Å²) < 4.78 is 5.82. The quantitative estimate of drug-likeness (QED) is 0.864. The fourth-order valence-corrected chi connectivity index (χ4v) is 1.75. The average Bonchev–Trinajstić information content (AvgIpc) is 2.46. The fraction of sp³-hybridized carbons (Fsp3) is 0.333. The number of nitrogens with one attached hydrogen (secondary N) is 1. The summed E-state index contributed by atoms with van der Waals surface area (Å²) in [6.07, 6.45) is 3.36. The summed E-state index contributed by atoms with van der Waals surface area (Å²) in [5.74, 6) is 0.562. The summed E-state index contributed by atoms with van der Waals surface area (Å²) >= 11 is 0. The Hall–Kier alpha value is -1.94. The van der Waals surface area contributed by atoms with Gasteiger partial charge in [0.05, 0.1) is 11.9 Å². The van der Waals surface area contributed by atoms with Crippen LogP contribution in [0.25, 0.3) is 0 Å². The van der Waals surface area contributed by atoms with Crippen molar-refractivity contribution >= 4 is 0 Å². The Balaban J connectivity index is 2.02. The molecule has 1 atom stereocenters. The highest BCUT2D eigenvalue weighted by molar-refractivity contribution is 5.19. The second kappa shape index (κ2) is 6.85. The lowest BCUT2D eigenvalue weighted by atomic mass is 10.1. The first-order valence-electron chi connectivity index (χ1n) is 6.53. The highest BCUT2D eigenvalue weighted by Gasteiger charge is 2.08. The highest BCUT2D eigenvalue weighted by atomic mass is 16.5. The normalized spacial score (nSPS) is 12.1. The van der Waals surface area contributed by atoms with Crippen LogP contribution in [0.15, 0.2) is 42.7 Å². The van der Waals surface area contributed by atoms with E-state index in [0.717, 1.165) is 17.8 Å². The molecule has 0 aliphatic heterocycles. The Bertz CT molecular complexity index is 502. The van der Waals surface area contributed by atoms with Gasteiger partial charge >= 0.3 is 0 Å². The summed E-state index contributed by atoms with van der Waals surface area (Å²) in [4.78, 5) is 8.59. The van der Waals surface area contributed by atoms with Crippen LogP contribution in [0.2, 0.25) is 0 Å².